The molecule has 0 N–H and O–H groups in total. The maximum Gasteiger partial charge on any atom is 0.0540 e. The molecule has 1 heterocycles. The maximum atomic E-state index is 4.58. The van der Waals surface area contributed by atoms with E-state index in [1.807, 2.05) is 12.4 Å². The molecule has 1 aliphatic carbocycles. The number of hydrogen-bond acceptors (Lipinski definition) is 2. The number of aromatic nitrogens is 1. The summed E-state index contributed by atoms with van der Waals surface area (Å²) < 4.78 is 0. The van der Waals surface area contributed by atoms with E-state index >= 15 is 0 Å². The first-order valence-corrected chi connectivity index (χ1v) is 16.0. The van der Waals surface area contributed by atoms with Gasteiger partial charge in [-0.15, -0.1) is 0 Å². The van der Waals surface area contributed by atoms with Gasteiger partial charge in [-0.05, 0) is 91.9 Å². The Morgan fingerprint density at radius 1 is 0.340 bits per heavy atom. The highest BCUT2D eigenvalue weighted by molar-refractivity contribution is 6.17. The summed E-state index contributed by atoms with van der Waals surface area (Å²) in [7, 11) is 0. The number of fused-ring (bicyclic) bond motifs is 5. The second kappa shape index (κ2) is 11.3. The Kier molecular flexibility index (Phi) is 6.50. The average molecular weight is 599 g/mol. The molecule has 0 amide bonds. The average Bonchev–Trinajstić information content (AvgIpc) is 3.28. The molecule has 0 saturated heterocycles. The van der Waals surface area contributed by atoms with Crippen molar-refractivity contribution in [1.82, 2.24) is 4.98 Å². The number of nitrogens with zero attached hydrogens (tertiary/aromatic N) is 2. The van der Waals surface area contributed by atoms with Crippen molar-refractivity contribution in [3.05, 3.63) is 182 Å². The van der Waals surface area contributed by atoms with Crippen LogP contribution in [0, 0.1) is 0 Å². The molecule has 2 nitrogen and oxygen atoms in total. The predicted octanol–water partition coefficient (Wildman–Crippen LogP) is 12.4. The molecule has 0 radical (unpaired) electrons. The minimum atomic E-state index is 1.11. The molecule has 0 unspecified atom stereocenters. The Morgan fingerprint density at radius 3 is 1.45 bits per heavy atom. The van der Waals surface area contributed by atoms with Crippen LogP contribution >= 0.6 is 0 Å². The summed E-state index contributed by atoms with van der Waals surface area (Å²) >= 11 is 0. The minimum Gasteiger partial charge on any atom is -0.310 e. The van der Waals surface area contributed by atoms with E-state index < -0.39 is 0 Å². The molecule has 0 atom stereocenters. The van der Waals surface area contributed by atoms with Crippen molar-refractivity contribution in [3.63, 3.8) is 0 Å². The van der Waals surface area contributed by atoms with Crippen molar-refractivity contribution in [2.75, 3.05) is 4.90 Å². The van der Waals surface area contributed by atoms with Gasteiger partial charge in [0, 0.05) is 34.7 Å². The molecule has 0 fully saturated rings. The first kappa shape index (κ1) is 27.1. The Labute approximate surface area is 274 Å². The molecule has 0 aliphatic heterocycles. The van der Waals surface area contributed by atoms with Crippen LogP contribution in [0.3, 0.4) is 0 Å². The lowest BCUT2D eigenvalue weighted by atomic mass is 9.92. The van der Waals surface area contributed by atoms with Crippen LogP contribution in [-0.2, 0) is 0 Å². The highest BCUT2D eigenvalue weighted by Gasteiger charge is 2.24. The van der Waals surface area contributed by atoms with Gasteiger partial charge < -0.3 is 4.90 Å². The number of anilines is 3. The first-order valence-electron chi connectivity index (χ1n) is 16.0. The van der Waals surface area contributed by atoms with Gasteiger partial charge in [0.2, 0.25) is 0 Å². The summed E-state index contributed by atoms with van der Waals surface area (Å²) in [6, 6.07) is 61.2. The van der Waals surface area contributed by atoms with Gasteiger partial charge in [0.25, 0.3) is 0 Å². The normalized spacial score (nSPS) is 11.4. The summed E-state index contributed by atoms with van der Waals surface area (Å²) in [5.74, 6) is 0. The van der Waals surface area contributed by atoms with Crippen LogP contribution in [0.5, 0.6) is 0 Å². The maximum absolute atomic E-state index is 4.58. The fraction of sp³-hybridized carbons (Fsp3) is 0. The molecule has 7 aromatic carbocycles. The summed E-state index contributed by atoms with van der Waals surface area (Å²) in [5.41, 5.74) is 15.5. The van der Waals surface area contributed by atoms with Crippen molar-refractivity contribution in [1.29, 1.82) is 0 Å². The fourth-order valence-corrected chi connectivity index (χ4v) is 7.13. The number of benzene rings is 7. The SMILES string of the molecule is c1ccc(-c2ccc(N(c3ccc(-c4ccccc4)cc3)c3ccc4c5c(cccc35)-c3ccccc3-c3ccncc3-4)cc2)cc1. The van der Waals surface area contributed by atoms with E-state index in [4.69, 9.17) is 0 Å². The molecule has 0 bridgehead atoms. The van der Waals surface area contributed by atoms with Gasteiger partial charge in [-0.25, -0.2) is 0 Å². The molecule has 47 heavy (non-hydrogen) atoms. The van der Waals surface area contributed by atoms with Gasteiger partial charge >= 0.3 is 0 Å². The molecular weight excluding hydrogens is 569 g/mol. The van der Waals surface area contributed by atoms with Crippen LogP contribution in [0.15, 0.2) is 182 Å². The second-order valence-electron chi connectivity index (χ2n) is 12.0. The molecule has 220 valence electrons. The molecule has 2 heteroatoms. The van der Waals surface area contributed by atoms with Gasteiger partial charge in [-0.2, -0.15) is 0 Å². The Hall–Kier alpha value is -6.25. The predicted molar refractivity (Wildman–Crippen MR) is 197 cm³/mol. The number of hydrogen-bond donors (Lipinski definition) is 0. The van der Waals surface area contributed by atoms with Crippen molar-refractivity contribution in [3.8, 4) is 55.6 Å². The molecular formula is C45H30N2. The van der Waals surface area contributed by atoms with Crippen LogP contribution in [0.1, 0.15) is 0 Å². The molecule has 1 aliphatic rings. The third-order valence-electron chi connectivity index (χ3n) is 9.34. The van der Waals surface area contributed by atoms with E-state index in [0.29, 0.717) is 0 Å². The monoisotopic (exact) mass is 598 g/mol. The van der Waals surface area contributed by atoms with Crippen LogP contribution in [0.4, 0.5) is 17.1 Å². The molecule has 0 spiro atoms. The zero-order chi connectivity index (χ0) is 31.2. The van der Waals surface area contributed by atoms with Crippen LogP contribution in [0.25, 0.3) is 66.4 Å². The Morgan fingerprint density at radius 2 is 0.830 bits per heavy atom. The fourth-order valence-electron chi connectivity index (χ4n) is 7.13. The van der Waals surface area contributed by atoms with Crippen molar-refractivity contribution >= 4 is 27.8 Å². The lowest BCUT2D eigenvalue weighted by Gasteiger charge is -2.28. The van der Waals surface area contributed by atoms with Crippen LogP contribution < -0.4 is 4.90 Å². The summed E-state index contributed by atoms with van der Waals surface area (Å²) in [5, 5.41) is 2.45. The van der Waals surface area contributed by atoms with E-state index in [9.17, 15) is 0 Å². The van der Waals surface area contributed by atoms with Crippen LogP contribution in [0.2, 0.25) is 0 Å². The summed E-state index contributed by atoms with van der Waals surface area (Å²) in [4.78, 5) is 6.98. The van der Waals surface area contributed by atoms with Gasteiger partial charge in [-0.1, -0.05) is 133 Å². The first-order chi connectivity index (χ1) is 23.3. The Balaban J connectivity index is 1.27. The Bertz CT molecular complexity index is 2240. The largest absolute Gasteiger partial charge is 0.310 e. The smallest absolute Gasteiger partial charge is 0.0540 e. The zero-order valence-electron chi connectivity index (χ0n) is 25.7. The quantitative estimate of drug-likeness (QED) is 0.196. The lowest BCUT2D eigenvalue weighted by molar-refractivity contribution is 1.30. The third-order valence-corrected chi connectivity index (χ3v) is 9.34. The zero-order valence-corrected chi connectivity index (χ0v) is 25.7. The van der Waals surface area contributed by atoms with Crippen LogP contribution in [-0.4, -0.2) is 4.98 Å². The van der Waals surface area contributed by atoms with Gasteiger partial charge in [0.05, 0.1) is 5.69 Å². The highest BCUT2D eigenvalue weighted by atomic mass is 15.1. The molecule has 8 aromatic rings. The van der Waals surface area contributed by atoms with Crippen molar-refractivity contribution in [2.24, 2.45) is 0 Å². The standard InChI is InChI=1S/C45H30N2/c1-3-10-31(11-4-1)33-18-22-35(23-19-33)47(36-24-20-34(21-25-36)32-12-5-2-6-13-32)44-27-26-41-43-30-46-29-28-39(43)37-14-7-8-15-38(37)40-16-9-17-42(44)45(40)41/h1-30H. The van der Waals surface area contributed by atoms with E-state index in [1.165, 1.54) is 60.8 Å². The van der Waals surface area contributed by atoms with E-state index in [0.717, 1.165) is 22.6 Å². The van der Waals surface area contributed by atoms with E-state index in [2.05, 4.69) is 180 Å². The highest BCUT2D eigenvalue weighted by Crippen LogP contribution is 2.50. The molecule has 1 aromatic heterocycles. The van der Waals surface area contributed by atoms with E-state index in [-0.39, 0.29) is 0 Å². The molecule has 0 saturated carbocycles. The van der Waals surface area contributed by atoms with Gasteiger partial charge in [-0.3, -0.25) is 4.98 Å². The lowest BCUT2D eigenvalue weighted by Crippen LogP contribution is -2.10. The van der Waals surface area contributed by atoms with Crippen molar-refractivity contribution in [2.45, 2.75) is 0 Å². The molecule has 9 rings (SSSR count). The number of pyridine rings is 1. The van der Waals surface area contributed by atoms with E-state index in [1.54, 1.807) is 0 Å². The summed E-state index contributed by atoms with van der Waals surface area (Å²) in [6.45, 7) is 0. The van der Waals surface area contributed by atoms with Crippen molar-refractivity contribution < 1.29 is 0 Å². The third kappa shape index (κ3) is 4.62. The topological polar surface area (TPSA) is 16.1 Å². The second-order valence-corrected chi connectivity index (χ2v) is 12.0. The number of rotatable bonds is 5. The minimum absolute atomic E-state index is 1.11. The van der Waals surface area contributed by atoms with Gasteiger partial charge in [0.15, 0.2) is 0 Å². The summed E-state index contributed by atoms with van der Waals surface area (Å²) in [6.07, 6.45) is 3.92. The van der Waals surface area contributed by atoms with Gasteiger partial charge in [0.1, 0.15) is 0 Å².